The molecule has 1 aromatic carbocycles. The summed E-state index contributed by atoms with van der Waals surface area (Å²) in [5.74, 6) is -2.60. The van der Waals surface area contributed by atoms with Crippen LogP contribution in [0.4, 0.5) is 5.69 Å². The zero-order valence-corrected chi connectivity index (χ0v) is 14.5. The maximum Gasteiger partial charge on any atom is 0.313 e. The molecule has 1 heterocycles. The molecule has 1 aliphatic carbocycles. The third-order valence-electron chi connectivity index (χ3n) is 4.65. The second kappa shape index (κ2) is 7.84. The SMILES string of the molecule is NC(=O)c1ccc(NC(=O)C(=O)NC[C@@H]2COC3(CCCCC3)O2)cc1. The molecule has 8 heteroatoms. The molecule has 0 aromatic heterocycles. The fraction of sp³-hybridized carbons (Fsp3) is 0.500. The van der Waals surface area contributed by atoms with Crippen LogP contribution in [0.3, 0.4) is 0 Å². The Morgan fingerprint density at radius 1 is 1.08 bits per heavy atom. The normalized spacial score (nSPS) is 21.3. The lowest BCUT2D eigenvalue weighted by atomic mass is 9.94. The van der Waals surface area contributed by atoms with Crippen molar-refractivity contribution in [3.05, 3.63) is 29.8 Å². The van der Waals surface area contributed by atoms with Crippen LogP contribution < -0.4 is 16.4 Å². The number of primary amides is 1. The summed E-state index contributed by atoms with van der Waals surface area (Å²) in [6.07, 6.45) is 4.85. The Morgan fingerprint density at radius 2 is 1.77 bits per heavy atom. The number of nitrogens with two attached hydrogens (primary N) is 1. The summed E-state index contributed by atoms with van der Waals surface area (Å²) in [5.41, 5.74) is 5.87. The van der Waals surface area contributed by atoms with E-state index in [1.807, 2.05) is 0 Å². The highest BCUT2D eigenvalue weighted by atomic mass is 16.7. The van der Waals surface area contributed by atoms with Crippen LogP contribution in [-0.2, 0) is 19.1 Å². The molecule has 1 spiro atoms. The number of carbonyl (C=O) groups is 3. The number of amides is 3. The summed E-state index contributed by atoms with van der Waals surface area (Å²) < 4.78 is 11.8. The Morgan fingerprint density at radius 3 is 2.42 bits per heavy atom. The Kier molecular flexibility index (Phi) is 5.53. The van der Waals surface area contributed by atoms with Gasteiger partial charge in [-0.25, -0.2) is 0 Å². The quantitative estimate of drug-likeness (QED) is 0.689. The third-order valence-corrected chi connectivity index (χ3v) is 4.65. The maximum absolute atomic E-state index is 12.0. The minimum Gasteiger partial charge on any atom is -0.366 e. The fourth-order valence-electron chi connectivity index (χ4n) is 3.26. The molecule has 0 bridgehead atoms. The number of carbonyl (C=O) groups excluding carboxylic acids is 3. The molecule has 140 valence electrons. The van der Waals surface area contributed by atoms with Crippen LogP contribution in [0.25, 0.3) is 0 Å². The van der Waals surface area contributed by atoms with Gasteiger partial charge in [-0.1, -0.05) is 6.42 Å². The van der Waals surface area contributed by atoms with E-state index < -0.39 is 23.5 Å². The van der Waals surface area contributed by atoms with Gasteiger partial charge in [-0.3, -0.25) is 14.4 Å². The van der Waals surface area contributed by atoms with Crippen molar-refractivity contribution in [1.29, 1.82) is 0 Å². The molecule has 1 atom stereocenters. The monoisotopic (exact) mass is 361 g/mol. The molecular formula is C18H23N3O5. The summed E-state index contributed by atoms with van der Waals surface area (Å²) in [6.45, 7) is 0.630. The van der Waals surface area contributed by atoms with Crippen LogP contribution in [0, 0.1) is 0 Å². The molecule has 1 aliphatic heterocycles. The highest BCUT2D eigenvalue weighted by molar-refractivity contribution is 6.39. The average Bonchev–Trinajstić information content (AvgIpc) is 3.03. The van der Waals surface area contributed by atoms with Gasteiger partial charge in [0.2, 0.25) is 5.91 Å². The number of rotatable bonds is 4. The van der Waals surface area contributed by atoms with E-state index in [0.717, 1.165) is 25.7 Å². The molecule has 1 aromatic rings. The van der Waals surface area contributed by atoms with Gasteiger partial charge in [0.1, 0.15) is 6.10 Å². The second-order valence-electron chi connectivity index (χ2n) is 6.63. The summed E-state index contributed by atoms with van der Waals surface area (Å²) in [7, 11) is 0. The lowest BCUT2D eigenvalue weighted by molar-refractivity contribution is -0.186. The number of nitrogens with one attached hydrogen (secondary N) is 2. The Bertz CT molecular complexity index is 683. The van der Waals surface area contributed by atoms with Gasteiger partial charge in [0.05, 0.1) is 6.61 Å². The largest absolute Gasteiger partial charge is 0.366 e. The van der Waals surface area contributed by atoms with E-state index in [4.69, 9.17) is 15.2 Å². The Balaban J connectivity index is 1.44. The molecular weight excluding hydrogens is 338 g/mol. The molecule has 0 unspecified atom stereocenters. The van der Waals surface area contributed by atoms with Crippen LogP contribution in [0.1, 0.15) is 42.5 Å². The minimum absolute atomic E-state index is 0.217. The lowest BCUT2D eigenvalue weighted by Crippen LogP contribution is -2.41. The summed E-state index contributed by atoms with van der Waals surface area (Å²) >= 11 is 0. The van der Waals surface area contributed by atoms with Crippen molar-refractivity contribution >= 4 is 23.4 Å². The first kappa shape index (κ1) is 18.3. The van der Waals surface area contributed by atoms with Crippen molar-refractivity contribution in [3.8, 4) is 0 Å². The first-order valence-corrected chi connectivity index (χ1v) is 8.78. The molecule has 1 saturated heterocycles. The number of hydrogen-bond acceptors (Lipinski definition) is 5. The van der Waals surface area contributed by atoms with Crippen LogP contribution in [0.5, 0.6) is 0 Å². The highest BCUT2D eigenvalue weighted by Crippen LogP contribution is 2.37. The topological polar surface area (TPSA) is 120 Å². The Labute approximate surface area is 151 Å². The van der Waals surface area contributed by atoms with Crippen LogP contribution in [0.15, 0.2) is 24.3 Å². The number of ether oxygens (including phenoxy) is 2. The van der Waals surface area contributed by atoms with Gasteiger partial charge >= 0.3 is 11.8 Å². The third kappa shape index (κ3) is 4.39. The smallest absolute Gasteiger partial charge is 0.313 e. The standard InChI is InChI=1S/C18H23N3O5/c19-15(22)12-4-6-13(7-5-12)21-17(24)16(23)20-10-14-11-25-18(26-14)8-2-1-3-9-18/h4-7,14H,1-3,8-11H2,(H2,19,22)(H,20,23)(H,21,24)/t14-/m1/s1. The van der Waals surface area contributed by atoms with Gasteiger partial charge in [0.25, 0.3) is 0 Å². The van der Waals surface area contributed by atoms with E-state index in [2.05, 4.69) is 10.6 Å². The first-order chi connectivity index (χ1) is 12.5. The van der Waals surface area contributed by atoms with Crippen molar-refractivity contribution < 1.29 is 23.9 Å². The van der Waals surface area contributed by atoms with E-state index in [1.165, 1.54) is 30.7 Å². The van der Waals surface area contributed by atoms with Gasteiger partial charge in [-0.05, 0) is 37.1 Å². The van der Waals surface area contributed by atoms with Gasteiger partial charge in [0.15, 0.2) is 5.79 Å². The molecule has 2 fully saturated rings. The van der Waals surface area contributed by atoms with E-state index in [1.54, 1.807) is 0 Å². The van der Waals surface area contributed by atoms with Gasteiger partial charge < -0.3 is 25.8 Å². The van der Waals surface area contributed by atoms with Gasteiger partial charge in [0, 0.05) is 30.6 Å². The second-order valence-corrected chi connectivity index (χ2v) is 6.63. The average molecular weight is 361 g/mol. The van der Waals surface area contributed by atoms with Crippen molar-refractivity contribution in [2.24, 2.45) is 5.73 Å². The molecule has 3 rings (SSSR count). The van der Waals surface area contributed by atoms with Crippen molar-refractivity contribution in [2.75, 3.05) is 18.5 Å². The molecule has 2 aliphatic rings. The zero-order valence-electron chi connectivity index (χ0n) is 14.5. The van der Waals surface area contributed by atoms with Crippen molar-refractivity contribution in [1.82, 2.24) is 5.32 Å². The van der Waals surface area contributed by atoms with E-state index in [9.17, 15) is 14.4 Å². The molecule has 3 amide bonds. The minimum atomic E-state index is -0.789. The predicted octanol–water partition coefficient (Wildman–Crippen LogP) is 0.916. The molecule has 0 radical (unpaired) electrons. The maximum atomic E-state index is 12.0. The van der Waals surface area contributed by atoms with Crippen LogP contribution in [0.2, 0.25) is 0 Å². The molecule has 26 heavy (non-hydrogen) atoms. The first-order valence-electron chi connectivity index (χ1n) is 8.78. The zero-order chi connectivity index (χ0) is 18.6. The summed E-state index contributed by atoms with van der Waals surface area (Å²) in [6, 6.07) is 5.96. The van der Waals surface area contributed by atoms with E-state index >= 15 is 0 Å². The molecule has 1 saturated carbocycles. The fourth-order valence-corrected chi connectivity index (χ4v) is 3.26. The van der Waals surface area contributed by atoms with Crippen molar-refractivity contribution in [2.45, 2.75) is 44.0 Å². The van der Waals surface area contributed by atoms with Crippen LogP contribution in [-0.4, -0.2) is 42.8 Å². The Hall–Kier alpha value is -2.45. The van der Waals surface area contributed by atoms with E-state index in [0.29, 0.717) is 17.9 Å². The molecule has 8 nitrogen and oxygen atoms in total. The lowest BCUT2D eigenvalue weighted by Gasteiger charge is -2.31. The summed E-state index contributed by atoms with van der Waals surface area (Å²) in [5, 5.41) is 5.03. The van der Waals surface area contributed by atoms with Gasteiger partial charge in [-0.2, -0.15) is 0 Å². The highest BCUT2D eigenvalue weighted by Gasteiger charge is 2.42. The number of anilines is 1. The number of benzene rings is 1. The molecule has 4 N–H and O–H groups in total. The summed E-state index contributed by atoms with van der Waals surface area (Å²) in [4.78, 5) is 34.9. The predicted molar refractivity (Wildman–Crippen MR) is 93.2 cm³/mol. The van der Waals surface area contributed by atoms with Crippen LogP contribution >= 0.6 is 0 Å². The van der Waals surface area contributed by atoms with E-state index in [-0.39, 0.29) is 12.6 Å². The van der Waals surface area contributed by atoms with Crippen molar-refractivity contribution in [3.63, 3.8) is 0 Å². The number of hydrogen-bond donors (Lipinski definition) is 3. The van der Waals surface area contributed by atoms with Gasteiger partial charge in [-0.15, -0.1) is 0 Å².